The van der Waals surface area contributed by atoms with E-state index in [2.05, 4.69) is 30.1 Å². The topological polar surface area (TPSA) is 92.1 Å². The van der Waals surface area contributed by atoms with E-state index in [1.807, 2.05) is 37.3 Å². The molecule has 0 radical (unpaired) electrons. The molecule has 3 heterocycles. The van der Waals surface area contributed by atoms with E-state index in [0.29, 0.717) is 5.82 Å². The number of nitrogens with zero attached hydrogens (tertiary/aromatic N) is 4. The van der Waals surface area contributed by atoms with Crippen LogP contribution in [0.1, 0.15) is 31.5 Å². The zero-order chi connectivity index (χ0) is 22.1. The molecule has 6 heteroatoms. The van der Waals surface area contributed by atoms with Crippen LogP contribution >= 0.6 is 0 Å². The molecule has 6 rings (SSSR count). The van der Waals surface area contributed by atoms with Gasteiger partial charge < -0.3 is 4.74 Å². The largest absolute Gasteiger partial charge is 0.342 e. The van der Waals surface area contributed by atoms with Crippen molar-refractivity contribution in [3.63, 3.8) is 0 Å². The number of nitriles is 1. The number of carbonyl (C=O) groups is 1. The first-order valence-corrected chi connectivity index (χ1v) is 11.0. The van der Waals surface area contributed by atoms with E-state index < -0.39 is 17.1 Å². The molecule has 0 amide bonds. The Kier molecular flexibility index (Phi) is 3.94. The van der Waals surface area contributed by atoms with Gasteiger partial charge in [0.1, 0.15) is 12.2 Å². The van der Waals surface area contributed by atoms with Crippen molar-refractivity contribution >= 4 is 5.78 Å². The van der Waals surface area contributed by atoms with Crippen LogP contribution in [0.2, 0.25) is 0 Å². The van der Waals surface area contributed by atoms with Crippen LogP contribution in [0.3, 0.4) is 0 Å². The summed E-state index contributed by atoms with van der Waals surface area (Å²) in [6, 6.07) is 16.1. The number of ketones is 1. The number of fused-ring (bicyclic) bond motifs is 5. The number of rotatable bonds is 2. The van der Waals surface area contributed by atoms with Crippen molar-refractivity contribution in [2.24, 2.45) is 11.8 Å². The molecular weight excluding hydrogens is 400 g/mol. The molecule has 32 heavy (non-hydrogen) atoms. The lowest BCUT2D eigenvalue weighted by atomic mass is 9.54. The first-order valence-electron chi connectivity index (χ1n) is 11.0. The predicted molar refractivity (Wildman–Crippen MR) is 117 cm³/mol. The molecule has 1 saturated carbocycles. The summed E-state index contributed by atoms with van der Waals surface area (Å²) in [6.07, 6.45) is 4.63. The van der Waals surface area contributed by atoms with Gasteiger partial charge in [0.15, 0.2) is 11.6 Å². The van der Waals surface area contributed by atoms with Gasteiger partial charge in [-0.05, 0) is 30.9 Å². The SMILES string of the molecule is C[C@H]1C(=O)[C@@]2(C#N)O[C@H]2[C@@]2(C)c3nc(-c4ccncc4)nc(-c4ccccc4)c3CC[C@H]12. The number of Topliss-reactive ketones (excluding diaryl/α,β-unsaturated/α-hetero) is 1. The highest BCUT2D eigenvalue weighted by Crippen LogP contribution is 2.62. The highest BCUT2D eigenvalue weighted by atomic mass is 16.6. The van der Waals surface area contributed by atoms with E-state index >= 15 is 0 Å². The molecule has 0 bridgehead atoms. The van der Waals surface area contributed by atoms with Gasteiger partial charge in [-0.2, -0.15) is 5.26 Å². The maximum atomic E-state index is 13.0. The van der Waals surface area contributed by atoms with Crippen molar-refractivity contribution in [3.05, 3.63) is 66.1 Å². The van der Waals surface area contributed by atoms with Gasteiger partial charge >= 0.3 is 0 Å². The second-order valence-electron chi connectivity index (χ2n) is 9.25. The van der Waals surface area contributed by atoms with Crippen molar-refractivity contribution in [3.8, 4) is 28.7 Å². The first kappa shape index (κ1) is 19.3. The standard InChI is InChI=1S/C26H22N4O2/c1-15-19-9-8-18-20(16-6-4-3-5-7-16)29-23(17-10-12-28-13-11-17)30-21(18)25(19,2)24-26(14-27,32-24)22(15)31/h3-7,10-13,15,19,24H,8-9H2,1-2H3/t15-,19-,24+,25-,26-/m1/s1. The van der Waals surface area contributed by atoms with E-state index in [1.54, 1.807) is 12.4 Å². The van der Waals surface area contributed by atoms with Crippen molar-refractivity contribution < 1.29 is 9.53 Å². The number of pyridine rings is 1. The van der Waals surface area contributed by atoms with Crippen LogP contribution in [0.25, 0.3) is 22.6 Å². The number of hydrogen-bond acceptors (Lipinski definition) is 6. The Morgan fingerprint density at radius 2 is 1.84 bits per heavy atom. The Morgan fingerprint density at radius 1 is 1.09 bits per heavy atom. The molecule has 2 aliphatic carbocycles. The monoisotopic (exact) mass is 422 g/mol. The van der Waals surface area contributed by atoms with Gasteiger partial charge in [-0.3, -0.25) is 9.78 Å². The summed E-state index contributed by atoms with van der Waals surface area (Å²) in [5.74, 6) is 0.355. The van der Waals surface area contributed by atoms with Crippen LogP contribution in [-0.2, 0) is 21.4 Å². The molecule has 0 spiro atoms. The van der Waals surface area contributed by atoms with Crippen LogP contribution in [0, 0.1) is 23.2 Å². The maximum absolute atomic E-state index is 13.0. The van der Waals surface area contributed by atoms with Gasteiger partial charge in [0.2, 0.25) is 5.60 Å². The summed E-state index contributed by atoms with van der Waals surface area (Å²) in [4.78, 5) is 27.2. The maximum Gasteiger partial charge on any atom is 0.240 e. The Labute approximate surface area is 186 Å². The van der Waals surface area contributed by atoms with Crippen molar-refractivity contribution in [2.45, 2.75) is 43.8 Å². The summed E-state index contributed by atoms with van der Waals surface area (Å²) in [7, 11) is 0. The number of epoxide rings is 1. The molecule has 158 valence electrons. The lowest BCUT2D eigenvalue weighted by Crippen LogP contribution is -2.56. The van der Waals surface area contributed by atoms with Crippen LogP contribution in [0.5, 0.6) is 0 Å². The van der Waals surface area contributed by atoms with E-state index in [0.717, 1.165) is 40.9 Å². The molecule has 3 aliphatic rings. The van der Waals surface area contributed by atoms with Crippen LogP contribution in [0.15, 0.2) is 54.9 Å². The van der Waals surface area contributed by atoms with Crippen molar-refractivity contribution in [1.29, 1.82) is 5.26 Å². The first-order chi connectivity index (χ1) is 15.5. The quantitative estimate of drug-likeness (QED) is 0.582. The Morgan fingerprint density at radius 3 is 2.56 bits per heavy atom. The van der Waals surface area contributed by atoms with Gasteiger partial charge in [-0.15, -0.1) is 0 Å². The minimum atomic E-state index is -1.34. The summed E-state index contributed by atoms with van der Waals surface area (Å²) in [5, 5.41) is 9.86. The van der Waals surface area contributed by atoms with Crippen molar-refractivity contribution in [2.75, 3.05) is 0 Å². The number of aromatic nitrogens is 3. The second kappa shape index (κ2) is 6.54. The van der Waals surface area contributed by atoms with Crippen LogP contribution in [0.4, 0.5) is 0 Å². The third kappa shape index (κ3) is 2.37. The van der Waals surface area contributed by atoms with Crippen LogP contribution < -0.4 is 0 Å². The summed E-state index contributed by atoms with van der Waals surface area (Å²) in [6.45, 7) is 4.07. The number of hydrogen-bond donors (Lipinski definition) is 0. The van der Waals surface area contributed by atoms with E-state index in [9.17, 15) is 10.1 Å². The molecule has 2 fully saturated rings. The number of benzene rings is 1. The van der Waals surface area contributed by atoms with Gasteiger partial charge in [-0.25, -0.2) is 9.97 Å². The normalized spacial score (nSPS) is 32.3. The minimum Gasteiger partial charge on any atom is -0.342 e. The van der Waals surface area contributed by atoms with Gasteiger partial charge in [-0.1, -0.05) is 44.2 Å². The third-order valence-electron chi connectivity index (χ3n) is 7.69. The predicted octanol–water partition coefficient (Wildman–Crippen LogP) is 3.91. The molecule has 1 saturated heterocycles. The van der Waals surface area contributed by atoms with Crippen LogP contribution in [-0.4, -0.2) is 32.4 Å². The smallest absolute Gasteiger partial charge is 0.240 e. The number of carbonyl (C=O) groups excluding carboxylic acids is 1. The molecule has 5 atom stereocenters. The van der Waals surface area contributed by atoms with E-state index in [1.165, 1.54) is 0 Å². The van der Waals surface area contributed by atoms with E-state index in [4.69, 9.17) is 14.7 Å². The molecule has 6 nitrogen and oxygen atoms in total. The minimum absolute atomic E-state index is 0.0697. The fourth-order valence-electron chi connectivity index (χ4n) is 6.04. The molecule has 1 aromatic carbocycles. The number of ether oxygens (including phenoxy) is 1. The Balaban J connectivity index is 1.62. The van der Waals surface area contributed by atoms with Crippen molar-refractivity contribution in [1.82, 2.24) is 15.0 Å². The third-order valence-corrected chi connectivity index (χ3v) is 7.69. The van der Waals surface area contributed by atoms with Gasteiger partial charge in [0, 0.05) is 40.4 Å². The average molecular weight is 422 g/mol. The zero-order valence-corrected chi connectivity index (χ0v) is 17.9. The Bertz CT molecular complexity index is 1290. The molecule has 2 aromatic heterocycles. The Hall–Kier alpha value is -3.43. The molecule has 0 unspecified atom stereocenters. The zero-order valence-electron chi connectivity index (χ0n) is 17.9. The fraction of sp³-hybridized carbons (Fsp3) is 0.346. The van der Waals surface area contributed by atoms with Gasteiger partial charge in [0.05, 0.1) is 11.4 Å². The lowest BCUT2D eigenvalue weighted by Gasteiger charge is -2.47. The summed E-state index contributed by atoms with van der Waals surface area (Å²) in [5.41, 5.74) is 2.96. The lowest BCUT2D eigenvalue weighted by molar-refractivity contribution is -0.129. The van der Waals surface area contributed by atoms with E-state index in [-0.39, 0.29) is 17.6 Å². The highest BCUT2D eigenvalue weighted by molar-refractivity contribution is 5.97. The second-order valence-corrected chi connectivity index (χ2v) is 9.25. The fourth-order valence-corrected chi connectivity index (χ4v) is 6.04. The van der Waals surface area contributed by atoms with Gasteiger partial charge in [0.25, 0.3) is 0 Å². The molecule has 0 N–H and O–H groups in total. The average Bonchev–Trinajstić information content (AvgIpc) is 3.61. The molecule has 3 aromatic rings. The molecular formula is C26H22N4O2. The molecule has 1 aliphatic heterocycles. The summed E-state index contributed by atoms with van der Waals surface area (Å²) < 4.78 is 5.94. The highest BCUT2D eigenvalue weighted by Gasteiger charge is 2.77. The summed E-state index contributed by atoms with van der Waals surface area (Å²) >= 11 is 0.